The molecule has 4 rings (SSSR count). The van der Waals surface area contributed by atoms with Crippen LogP contribution in [0.3, 0.4) is 0 Å². The van der Waals surface area contributed by atoms with Gasteiger partial charge in [-0.15, -0.1) is 0 Å². The number of carbonyl (C=O) groups excluding carboxylic acids is 3. The van der Waals surface area contributed by atoms with Crippen LogP contribution in [0.5, 0.6) is 0 Å². The van der Waals surface area contributed by atoms with E-state index in [1.165, 1.54) is 10.7 Å². The van der Waals surface area contributed by atoms with E-state index in [2.05, 4.69) is 16.1 Å². The topological polar surface area (TPSA) is 92.2 Å². The Morgan fingerprint density at radius 3 is 2.15 bits per heavy atom. The number of carbonyl (C=O) groups is 3. The van der Waals surface area contributed by atoms with Crippen molar-refractivity contribution in [2.24, 2.45) is 0 Å². The van der Waals surface area contributed by atoms with E-state index in [1.807, 2.05) is 6.92 Å². The highest BCUT2D eigenvalue weighted by Gasteiger charge is 2.21. The second kappa shape index (κ2) is 9.77. The molecule has 0 aliphatic rings. The minimum atomic E-state index is -0.966. The van der Waals surface area contributed by atoms with E-state index in [0.29, 0.717) is 32.3 Å². The lowest BCUT2D eigenvalue weighted by atomic mass is 10.2. The number of nitrogens with zero attached hydrogens (tertiary/aromatic N) is 1. The standard InChI is InChI=1S/C24H17Cl3N4O3/c1-13-2-6-17(7-3-13)28-23(33)24(34)30-31-20-9-5-15(25)10-14(20)11-21(31)22(32)29-19-8-4-16(26)12-18(19)27/h2-12H,1H3,(H,28,33)(H,29,32)(H,30,34). The smallest absolute Gasteiger partial charge is 0.319 e. The monoisotopic (exact) mass is 514 g/mol. The predicted molar refractivity (Wildman–Crippen MR) is 136 cm³/mol. The van der Waals surface area contributed by atoms with E-state index in [-0.39, 0.29) is 10.7 Å². The molecule has 7 nitrogen and oxygen atoms in total. The van der Waals surface area contributed by atoms with Gasteiger partial charge in [-0.3, -0.25) is 19.8 Å². The van der Waals surface area contributed by atoms with Crippen molar-refractivity contribution < 1.29 is 14.4 Å². The third kappa shape index (κ3) is 5.17. The molecule has 0 saturated carbocycles. The number of fused-ring (bicyclic) bond motifs is 1. The highest BCUT2D eigenvalue weighted by Crippen LogP contribution is 2.27. The van der Waals surface area contributed by atoms with Gasteiger partial charge in [-0.25, -0.2) is 4.68 Å². The molecule has 4 aromatic rings. The first-order chi connectivity index (χ1) is 16.2. The van der Waals surface area contributed by atoms with Gasteiger partial charge in [0.1, 0.15) is 5.69 Å². The molecule has 172 valence electrons. The SMILES string of the molecule is Cc1ccc(NC(=O)C(=O)Nn2c(C(=O)Nc3ccc(Cl)cc3Cl)cc3cc(Cl)ccc32)cc1. The minimum Gasteiger partial charge on any atom is -0.319 e. The maximum Gasteiger partial charge on any atom is 0.328 e. The van der Waals surface area contributed by atoms with Crippen LogP contribution in [0.1, 0.15) is 16.1 Å². The lowest BCUT2D eigenvalue weighted by Gasteiger charge is -2.13. The van der Waals surface area contributed by atoms with Crippen molar-refractivity contribution in [1.29, 1.82) is 0 Å². The zero-order valence-electron chi connectivity index (χ0n) is 17.7. The Hall–Kier alpha value is -3.52. The summed E-state index contributed by atoms with van der Waals surface area (Å²) in [5.41, 5.74) is 4.81. The number of rotatable bonds is 4. The largest absolute Gasteiger partial charge is 0.328 e. The Morgan fingerprint density at radius 1 is 0.765 bits per heavy atom. The van der Waals surface area contributed by atoms with Crippen molar-refractivity contribution in [3.8, 4) is 0 Å². The van der Waals surface area contributed by atoms with Gasteiger partial charge < -0.3 is 10.6 Å². The Balaban J connectivity index is 1.63. The molecular weight excluding hydrogens is 499 g/mol. The summed E-state index contributed by atoms with van der Waals surface area (Å²) in [6.45, 7) is 1.91. The number of amides is 3. The van der Waals surface area contributed by atoms with Crippen molar-refractivity contribution in [3.05, 3.63) is 93.1 Å². The number of aromatic nitrogens is 1. The molecule has 0 radical (unpaired) electrons. The number of hydrogen-bond donors (Lipinski definition) is 3. The second-order valence-electron chi connectivity index (χ2n) is 7.41. The number of nitrogens with one attached hydrogen (secondary N) is 3. The van der Waals surface area contributed by atoms with Gasteiger partial charge in [-0.2, -0.15) is 0 Å². The van der Waals surface area contributed by atoms with Gasteiger partial charge in [0.05, 0.1) is 16.2 Å². The molecule has 0 atom stereocenters. The summed E-state index contributed by atoms with van der Waals surface area (Å²) in [5, 5.41) is 6.89. The fourth-order valence-corrected chi connectivity index (χ4v) is 3.86. The van der Waals surface area contributed by atoms with Crippen LogP contribution in [0, 0.1) is 6.92 Å². The van der Waals surface area contributed by atoms with E-state index in [4.69, 9.17) is 34.8 Å². The van der Waals surface area contributed by atoms with Crippen LogP contribution in [0.15, 0.2) is 66.7 Å². The Labute approximate surface area is 209 Å². The van der Waals surface area contributed by atoms with Crippen LogP contribution in [-0.2, 0) is 9.59 Å². The van der Waals surface area contributed by atoms with Crippen molar-refractivity contribution in [1.82, 2.24) is 4.68 Å². The molecule has 0 aliphatic heterocycles. The maximum atomic E-state index is 13.1. The van der Waals surface area contributed by atoms with Gasteiger partial charge in [0.15, 0.2) is 0 Å². The molecular formula is C24H17Cl3N4O3. The van der Waals surface area contributed by atoms with Gasteiger partial charge >= 0.3 is 11.8 Å². The summed E-state index contributed by atoms with van der Waals surface area (Å²) in [5.74, 6) is -2.44. The third-order valence-corrected chi connectivity index (χ3v) is 5.69. The average molecular weight is 516 g/mol. The number of aryl methyl sites for hydroxylation is 1. The number of halogens is 3. The fourth-order valence-electron chi connectivity index (χ4n) is 3.23. The van der Waals surface area contributed by atoms with Crippen LogP contribution in [-0.4, -0.2) is 22.4 Å². The normalized spacial score (nSPS) is 10.7. The zero-order chi connectivity index (χ0) is 24.4. The molecule has 0 unspecified atom stereocenters. The first-order valence-electron chi connectivity index (χ1n) is 9.97. The zero-order valence-corrected chi connectivity index (χ0v) is 19.9. The summed E-state index contributed by atoms with van der Waals surface area (Å²) in [6.07, 6.45) is 0. The molecule has 0 fully saturated rings. The fraction of sp³-hybridized carbons (Fsp3) is 0.0417. The quantitative estimate of drug-likeness (QED) is 0.297. The van der Waals surface area contributed by atoms with Crippen LogP contribution in [0.4, 0.5) is 11.4 Å². The summed E-state index contributed by atoms with van der Waals surface area (Å²) < 4.78 is 1.22. The Kier molecular flexibility index (Phi) is 6.79. The molecule has 1 heterocycles. The molecule has 3 aromatic carbocycles. The summed E-state index contributed by atoms with van der Waals surface area (Å²) in [6, 6.07) is 18.0. The van der Waals surface area contributed by atoms with Crippen molar-refractivity contribution in [2.45, 2.75) is 6.92 Å². The Morgan fingerprint density at radius 2 is 1.44 bits per heavy atom. The van der Waals surface area contributed by atoms with E-state index >= 15 is 0 Å². The minimum absolute atomic E-state index is 0.0553. The second-order valence-corrected chi connectivity index (χ2v) is 8.69. The molecule has 3 amide bonds. The average Bonchev–Trinajstić information content (AvgIpc) is 3.14. The van der Waals surface area contributed by atoms with Gasteiger partial charge in [0.2, 0.25) is 0 Å². The molecule has 3 N–H and O–H groups in total. The van der Waals surface area contributed by atoms with Crippen LogP contribution >= 0.6 is 34.8 Å². The molecule has 0 spiro atoms. The maximum absolute atomic E-state index is 13.1. The summed E-state index contributed by atoms with van der Waals surface area (Å²) in [7, 11) is 0. The van der Waals surface area contributed by atoms with Gasteiger partial charge in [0.25, 0.3) is 5.91 Å². The van der Waals surface area contributed by atoms with Crippen molar-refractivity contribution in [2.75, 3.05) is 16.1 Å². The molecule has 34 heavy (non-hydrogen) atoms. The van der Waals surface area contributed by atoms with Crippen LogP contribution in [0.2, 0.25) is 15.1 Å². The van der Waals surface area contributed by atoms with Crippen LogP contribution < -0.4 is 16.1 Å². The number of benzene rings is 3. The third-order valence-electron chi connectivity index (χ3n) is 4.90. The van der Waals surface area contributed by atoms with Crippen molar-refractivity contribution in [3.63, 3.8) is 0 Å². The lowest BCUT2D eigenvalue weighted by molar-refractivity contribution is -0.133. The summed E-state index contributed by atoms with van der Waals surface area (Å²) >= 11 is 18.2. The van der Waals surface area contributed by atoms with E-state index in [9.17, 15) is 14.4 Å². The highest BCUT2D eigenvalue weighted by molar-refractivity contribution is 6.42. The number of anilines is 2. The van der Waals surface area contributed by atoms with E-state index < -0.39 is 17.7 Å². The Bertz CT molecular complexity index is 1430. The molecule has 1 aromatic heterocycles. The molecule has 0 bridgehead atoms. The van der Waals surface area contributed by atoms with Crippen LogP contribution in [0.25, 0.3) is 10.9 Å². The van der Waals surface area contributed by atoms with Crippen molar-refractivity contribution >= 4 is 74.8 Å². The van der Waals surface area contributed by atoms with E-state index in [1.54, 1.807) is 60.7 Å². The first kappa shape index (κ1) is 23.6. The predicted octanol–water partition coefficient (Wildman–Crippen LogP) is 5.87. The number of hydrogen-bond acceptors (Lipinski definition) is 3. The molecule has 10 heteroatoms. The van der Waals surface area contributed by atoms with E-state index in [0.717, 1.165) is 5.56 Å². The summed E-state index contributed by atoms with van der Waals surface area (Å²) in [4.78, 5) is 38.2. The van der Waals surface area contributed by atoms with Gasteiger partial charge in [-0.05, 0) is 61.5 Å². The molecule has 0 aliphatic carbocycles. The van der Waals surface area contributed by atoms with Gasteiger partial charge in [-0.1, -0.05) is 52.5 Å². The van der Waals surface area contributed by atoms with Gasteiger partial charge in [0, 0.05) is 21.1 Å². The lowest BCUT2D eigenvalue weighted by Crippen LogP contribution is -2.36. The highest BCUT2D eigenvalue weighted by atomic mass is 35.5. The molecule has 0 saturated heterocycles. The first-order valence-corrected chi connectivity index (χ1v) is 11.1.